The summed E-state index contributed by atoms with van der Waals surface area (Å²) in [5, 5.41) is 3.23. The lowest BCUT2D eigenvalue weighted by Crippen LogP contribution is -2.52. The molecule has 0 bridgehead atoms. The molecule has 4 rings (SSSR count). The molecule has 1 fully saturated rings. The molecule has 1 aliphatic heterocycles. The number of ether oxygens (including phenoxy) is 2. The van der Waals surface area contributed by atoms with Gasteiger partial charge in [0.1, 0.15) is 5.82 Å². The van der Waals surface area contributed by atoms with Crippen molar-refractivity contribution in [1.82, 2.24) is 10.2 Å². The number of likely N-dealkylation sites (tertiary alicyclic amines) is 1. The average Bonchev–Trinajstić information content (AvgIpc) is 3.10. The van der Waals surface area contributed by atoms with Gasteiger partial charge in [-0.25, -0.2) is 4.39 Å². The summed E-state index contributed by atoms with van der Waals surface area (Å²) in [6.07, 6.45) is 1.20. The summed E-state index contributed by atoms with van der Waals surface area (Å²) < 4.78 is 25.7. The Morgan fingerprint density at radius 1 is 1.09 bits per heavy atom. The van der Waals surface area contributed by atoms with E-state index >= 15 is 0 Å². The molecule has 2 aromatic rings. The number of benzene rings is 2. The summed E-state index contributed by atoms with van der Waals surface area (Å²) in [6, 6.07) is 14.4. The lowest BCUT2D eigenvalue weighted by atomic mass is 9.71. The van der Waals surface area contributed by atoms with Gasteiger partial charge in [-0.1, -0.05) is 56.3 Å². The van der Waals surface area contributed by atoms with Gasteiger partial charge in [0.2, 0.25) is 11.8 Å². The van der Waals surface area contributed by atoms with Gasteiger partial charge < -0.3 is 19.7 Å². The van der Waals surface area contributed by atoms with Gasteiger partial charge in [0.05, 0.1) is 31.8 Å². The molecule has 1 spiro atoms. The van der Waals surface area contributed by atoms with Crippen molar-refractivity contribution in [2.24, 2.45) is 5.92 Å². The summed E-state index contributed by atoms with van der Waals surface area (Å²) in [4.78, 5) is 27.5. The van der Waals surface area contributed by atoms with E-state index in [1.165, 1.54) is 11.6 Å². The lowest BCUT2D eigenvalue weighted by Gasteiger charge is -2.44. The maximum absolute atomic E-state index is 14.1. The van der Waals surface area contributed by atoms with Gasteiger partial charge in [-0.15, -0.1) is 0 Å². The van der Waals surface area contributed by atoms with Gasteiger partial charge in [0, 0.05) is 31.5 Å². The van der Waals surface area contributed by atoms with Crippen LogP contribution in [0.2, 0.25) is 0 Å². The van der Waals surface area contributed by atoms with Crippen LogP contribution in [0.25, 0.3) is 0 Å². The highest BCUT2D eigenvalue weighted by Gasteiger charge is 2.54. The second-order valence-corrected chi connectivity index (χ2v) is 9.82. The van der Waals surface area contributed by atoms with Crippen molar-refractivity contribution in [3.8, 4) is 0 Å². The molecule has 2 aromatic carbocycles. The number of carbonyl (C=O) groups excluding carboxylic acids is 2. The zero-order valence-electron chi connectivity index (χ0n) is 20.8. The summed E-state index contributed by atoms with van der Waals surface area (Å²) in [5.41, 5.74) is 2.35. The first-order valence-corrected chi connectivity index (χ1v) is 12.4. The van der Waals surface area contributed by atoms with Crippen LogP contribution < -0.4 is 5.32 Å². The molecule has 1 saturated heterocycles. The minimum absolute atomic E-state index is 0.0142. The third-order valence-electron chi connectivity index (χ3n) is 7.39. The highest BCUT2D eigenvalue weighted by molar-refractivity contribution is 5.79. The van der Waals surface area contributed by atoms with Crippen molar-refractivity contribution in [1.29, 1.82) is 0 Å². The monoisotopic (exact) mass is 482 g/mol. The van der Waals surface area contributed by atoms with E-state index in [9.17, 15) is 14.0 Å². The van der Waals surface area contributed by atoms with E-state index in [0.29, 0.717) is 44.7 Å². The molecule has 1 aliphatic carbocycles. The number of hydrogen-bond donors (Lipinski definition) is 1. The van der Waals surface area contributed by atoms with Crippen molar-refractivity contribution in [3.05, 3.63) is 71.0 Å². The van der Waals surface area contributed by atoms with Gasteiger partial charge >= 0.3 is 0 Å². The van der Waals surface area contributed by atoms with E-state index in [4.69, 9.17) is 9.47 Å². The zero-order valence-corrected chi connectivity index (χ0v) is 20.8. The molecule has 2 aliphatic rings. The molecule has 1 heterocycles. The molecule has 0 radical (unpaired) electrons. The smallest absolute Gasteiger partial charge is 0.227 e. The molecule has 0 unspecified atom stereocenters. The van der Waals surface area contributed by atoms with Gasteiger partial charge in [-0.05, 0) is 35.6 Å². The van der Waals surface area contributed by atoms with Crippen LogP contribution in [0.3, 0.4) is 0 Å². The Labute approximate surface area is 206 Å². The molecule has 7 heteroatoms. The Balaban J connectivity index is 1.57. The normalized spacial score (nSPS) is 20.8. The largest absolute Gasteiger partial charge is 0.382 e. The Bertz CT molecular complexity index is 1050. The first-order valence-electron chi connectivity index (χ1n) is 12.4. The molecule has 188 valence electrons. The van der Waals surface area contributed by atoms with Crippen molar-refractivity contribution in [2.45, 2.75) is 50.7 Å². The molecule has 2 atom stereocenters. The zero-order chi connectivity index (χ0) is 25.0. The standard InChI is InChI=1S/C28H35FN2O4/c1-19(2)27(33)30-25-21-9-5-6-10-22(21)28(26(25)35-17-16-34-3)12-14-31(15-13-28)24(32)18-20-8-4-7-11-23(20)29/h4-11,19,25-26H,12-18H2,1-3H3,(H,30,33)/t25-,26+/m0/s1. The molecule has 0 aromatic heterocycles. The quantitative estimate of drug-likeness (QED) is 0.582. The second kappa shape index (κ2) is 10.9. The van der Waals surface area contributed by atoms with E-state index in [1.54, 1.807) is 25.3 Å². The van der Waals surface area contributed by atoms with E-state index in [-0.39, 0.29) is 47.5 Å². The summed E-state index contributed by atoms with van der Waals surface area (Å²) in [5.74, 6) is -0.581. The third kappa shape index (κ3) is 5.11. The first kappa shape index (κ1) is 25.3. The SMILES string of the molecule is COCCO[C@@H]1[C@@H](NC(=O)C(C)C)c2ccccc2C12CCN(C(=O)Cc1ccccc1F)CC2. The summed E-state index contributed by atoms with van der Waals surface area (Å²) in [7, 11) is 1.64. The minimum Gasteiger partial charge on any atom is -0.382 e. The number of carbonyl (C=O) groups is 2. The minimum atomic E-state index is -0.352. The number of amides is 2. The maximum atomic E-state index is 14.1. The summed E-state index contributed by atoms with van der Waals surface area (Å²) in [6.45, 7) is 5.74. The maximum Gasteiger partial charge on any atom is 0.227 e. The highest BCUT2D eigenvalue weighted by Crippen LogP contribution is 2.52. The van der Waals surface area contributed by atoms with Gasteiger partial charge in [0.25, 0.3) is 0 Å². The molecule has 2 amide bonds. The molecular formula is C28H35FN2O4. The second-order valence-electron chi connectivity index (χ2n) is 9.82. The van der Waals surface area contributed by atoms with E-state index in [1.807, 2.05) is 30.9 Å². The molecule has 35 heavy (non-hydrogen) atoms. The van der Waals surface area contributed by atoms with Crippen LogP contribution in [0.5, 0.6) is 0 Å². The van der Waals surface area contributed by atoms with Crippen LogP contribution in [0.1, 0.15) is 49.4 Å². The Morgan fingerprint density at radius 2 is 1.77 bits per heavy atom. The highest BCUT2D eigenvalue weighted by atomic mass is 19.1. The summed E-state index contributed by atoms with van der Waals surface area (Å²) >= 11 is 0. The van der Waals surface area contributed by atoms with Crippen LogP contribution in [0.15, 0.2) is 48.5 Å². The Kier molecular flexibility index (Phi) is 7.87. The predicted molar refractivity (Wildman–Crippen MR) is 131 cm³/mol. The van der Waals surface area contributed by atoms with Gasteiger partial charge in [0.15, 0.2) is 0 Å². The van der Waals surface area contributed by atoms with Crippen LogP contribution in [-0.2, 0) is 30.9 Å². The topological polar surface area (TPSA) is 67.9 Å². The number of nitrogens with one attached hydrogen (secondary N) is 1. The number of hydrogen-bond acceptors (Lipinski definition) is 4. The average molecular weight is 483 g/mol. The van der Waals surface area contributed by atoms with Crippen molar-refractivity contribution in [3.63, 3.8) is 0 Å². The third-order valence-corrected chi connectivity index (χ3v) is 7.39. The number of fused-ring (bicyclic) bond motifs is 2. The van der Waals surface area contributed by atoms with Crippen molar-refractivity contribution >= 4 is 11.8 Å². The van der Waals surface area contributed by atoms with Crippen LogP contribution in [0.4, 0.5) is 4.39 Å². The van der Waals surface area contributed by atoms with Crippen LogP contribution in [0, 0.1) is 11.7 Å². The van der Waals surface area contributed by atoms with Crippen LogP contribution in [-0.4, -0.2) is 56.2 Å². The first-order chi connectivity index (χ1) is 16.9. The molecule has 0 saturated carbocycles. The van der Waals surface area contributed by atoms with Gasteiger partial charge in [-0.3, -0.25) is 9.59 Å². The Morgan fingerprint density at radius 3 is 2.46 bits per heavy atom. The fraction of sp³-hybridized carbons (Fsp3) is 0.500. The van der Waals surface area contributed by atoms with E-state index in [0.717, 1.165) is 5.56 Å². The Hall–Kier alpha value is -2.77. The lowest BCUT2D eigenvalue weighted by molar-refractivity contribution is -0.134. The number of piperidine rings is 1. The van der Waals surface area contributed by atoms with E-state index in [2.05, 4.69) is 17.4 Å². The number of nitrogens with zero attached hydrogens (tertiary/aromatic N) is 1. The van der Waals surface area contributed by atoms with Crippen molar-refractivity contribution < 1.29 is 23.5 Å². The number of rotatable bonds is 8. The number of methoxy groups -OCH3 is 1. The van der Waals surface area contributed by atoms with Gasteiger partial charge in [-0.2, -0.15) is 0 Å². The molecular weight excluding hydrogens is 447 g/mol. The number of halogens is 1. The molecule has 6 nitrogen and oxygen atoms in total. The van der Waals surface area contributed by atoms with E-state index < -0.39 is 0 Å². The fourth-order valence-corrected chi connectivity index (χ4v) is 5.47. The predicted octanol–water partition coefficient (Wildman–Crippen LogP) is 3.79. The fourth-order valence-electron chi connectivity index (χ4n) is 5.47. The van der Waals surface area contributed by atoms with Crippen LogP contribution >= 0.6 is 0 Å². The van der Waals surface area contributed by atoms with Crippen molar-refractivity contribution in [2.75, 3.05) is 33.4 Å². The molecule has 1 N–H and O–H groups in total.